The van der Waals surface area contributed by atoms with Crippen molar-refractivity contribution < 1.29 is 9.47 Å². The fourth-order valence-corrected chi connectivity index (χ4v) is 2.92. The zero-order valence-electron chi connectivity index (χ0n) is 10.9. The van der Waals surface area contributed by atoms with Gasteiger partial charge < -0.3 is 14.8 Å². The number of ether oxygens (including phenoxy) is 2. The van der Waals surface area contributed by atoms with Crippen LogP contribution in [0.15, 0.2) is 27.6 Å². The average molecular weight is 334 g/mol. The first-order valence-electron chi connectivity index (χ1n) is 5.87. The van der Waals surface area contributed by atoms with Crippen LogP contribution in [0.1, 0.15) is 5.56 Å². The predicted molar refractivity (Wildman–Crippen MR) is 80.3 cm³/mol. The van der Waals surface area contributed by atoms with Gasteiger partial charge in [-0.3, -0.25) is 0 Å². The zero-order chi connectivity index (χ0) is 13.2. The molecule has 0 unspecified atom stereocenters. The fraction of sp³-hybridized carbons (Fsp3) is 0.538. The highest BCUT2D eigenvalue weighted by Crippen LogP contribution is 2.25. The largest absolute Gasteiger partial charge is 0.384 e. The Hall–Kier alpha value is -0.0700. The van der Waals surface area contributed by atoms with Crippen LogP contribution in [0.2, 0.25) is 0 Å². The number of thioether (sulfide) groups is 1. The Labute approximate surface area is 122 Å². The molecule has 0 fully saturated rings. The van der Waals surface area contributed by atoms with E-state index in [1.54, 1.807) is 26.0 Å². The van der Waals surface area contributed by atoms with Crippen LogP contribution in [-0.2, 0) is 16.0 Å². The Morgan fingerprint density at radius 2 is 2.00 bits per heavy atom. The number of hydrogen-bond acceptors (Lipinski definition) is 4. The van der Waals surface area contributed by atoms with Crippen molar-refractivity contribution in [2.45, 2.75) is 11.4 Å². The second kappa shape index (κ2) is 9.81. The van der Waals surface area contributed by atoms with Gasteiger partial charge in [-0.05, 0) is 17.7 Å². The van der Waals surface area contributed by atoms with E-state index in [-0.39, 0.29) is 0 Å². The van der Waals surface area contributed by atoms with Crippen LogP contribution in [-0.4, -0.2) is 39.7 Å². The molecule has 0 aliphatic carbocycles. The summed E-state index contributed by atoms with van der Waals surface area (Å²) < 4.78 is 11.2. The minimum atomic E-state index is 0.739. The molecule has 0 heterocycles. The van der Waals surface area contributed by atoms with Crippen LogP contribution in [0.3, 0.4) is 0 Å². The van der Waals surface area contributed by atoms with Gasteiger partial charge in [0.15, 0.2) is 0 Å². The molecular formula is C13H20BrNO2S. The maximum absolute atomic E-state index is 5.04. The molecule has 5 heteroatoms. The van der Waals surface area contributed by atoms with Crippen molar-refractivity contribution in [2.24, 2.45) is 0 Å². The molecule has 0 aliphatic heterocycles. The van der Waals surface area contributed by atoms with E-state index in [1.807, 2.05) is 0 Å². The molecule has 1 aromatic carbocycles. The number of rotatable bonds is 9. The Morgan fingerprint density at radius 3 is 2.67 bits per heavy atom. The molecule has 0 atom stereocenters. The lowest BCUT2D eigenvalue weighted by Crippen LogP contribution is -2.18. The summed E-state index contributed by atoms with van der Waals surface area (Å²) in [5.41, 5.74) is 1.27. The van der Waals surface area contributed by atoms with Gasteiger partial charge >= 0.3 is 0 Å². The molecule has 0 saturated heterocycles. The maximum Gasteiger partial charge on any atom is 0.0587 e. The standard InChI is InChI=1S/C13H20BrNO2S/c1-16-6-5-15-10-11-3-4-12(9-13(11)14)18-8-7-17-2/h3-4,9,15H,5-8,10H2,1-2H3. The summed E-state index contributed by atoms with van der Waals surface area (Å²) in [6, 6.07) is 6.46. The monoisotopic (exact) mass is 333 g/mol. The lowest BCUT2D eigenvalue weighted by Gasteiger charge is -2.08. The Balaban J connectivity index is 2.41. The SMILES string of the molecule is COCCNCc1ccc(SCCOC)cc1Br. The van der Waals surface area contributed by atoms with E-state index < -0.39 is 0 Å². The van der Waals surface area contributed by atoms with Gasteiger partial charge in [0.1, 0.15) is 0 Å². The third-order valence-electron chi connectivity index (χ3n) is 2.38. The molecule has 0 aliphatic rings. The van der Waals surface area contributed by atoms with Crippen LogP contribution in [0.5, 0.6) is 0 Å². The van der Waals surface area contributed by atoms with Gasteiger partial charge in [0.2, 0.25) is 0 Å². The normalized spacial score (nSPS) is 10.8. The van der Waals surface area contributed by atoms with Crippen molar-refractivity contribution >= 4 is 27.7 Å². The first-order valence-corrected chi connectivity index (χ1v) is 7.65. The van der Waals surface area contributed by atoms with E-state index in [4.69, 9.17) is 9.47 Å². The second-order valence-corrected chi connectivity index (χ2v) is 5.79. The molecule has 3 nitrogen and oxygen atoms in total. The van der Waals surface area contributed by atoms with Crippen LogP contribution in [0.4, 0.5) is 0 Å². The van der Waals surface area contributed by atoms with Crippen LogP contribution >= 0.6 is 27.7 Å². The van der Waals surface area contributed by atoms with Crippen molar-refractivity contribution in [3.63, 3.8) is 0 Å². The van der Waals surface area contributed by atoms with Crippen molar-refractivity contribution in [3.8, 4) is 0 Å². The summed E-state index contributed by atoms with van der Waals surface area (Å²) in [5, 5.41) is 3.33. The zero-order valence-corrected chi connectivity index (χ0v) is 13.3. The first kappa shape index (κ1) is 16.0. The van der Waals surface area contributed by atoms with E-state index in [0.29, 0.717) is 0 Å². The van der Waals surface area contributed by atoms with Crippen molar-refractivity contribution in [1.82, 2.24) is 5.32 Å². The molecule has 0 bridgehead atoms. The van der Waals surface area contributed by atoms with Crippen LogP contribution < -0.4 is 5.32 Å². The predicted octanol–water partition coefficient (Wildman–Crippen LogP) is 2.92. The Morgan fingerprint density at radius 1 is 1.22 bits per heavy atom. The van der Waals surface area contributed by atoms with E-state index in [1.165, 1.54) is 10.5 Å². The summed E-state index contributed by atoms with van der Waals surface area (Å²) in [4.78, 5) is 1.26. The van der Waals surface area contributed by atoms with Gasteiger partial charge in [0.05, 0.1) is 13.2 Å². The highest BCUT2D eigenvalue weighted by molar-refractivity contribution is 9.10. The molecule has 1 rings (SSSR count). The smallest absolute Gasteiger partial charge is 0.0587 e. The van der Waals surface area contributed by atoms with Gasteiger partial charge in [-0.2, -0.15) is 0 Å². The molecule has 0 amide bonds. The van der Waals surface area contributed by atoms with Gasteiger partial charge in [0.25, 0.3) is 0 Å². The van der Waals surface area contributed by atoms with E-state index in [9.17, 15) is 0 Å². The Kier molecular flexibility index (Phi) is 8.71. The molecule has 1 N–H and O–H groups in total. The Bertz CT molecular complexity index is 350. The van der Waals surface area contributed by atoms with Gasteiger partial charge in [-0.15, -0.1) is 11.8 Å². The summed E-state index contributed by atoms with van der Waals surface area (Å²) >= 11 is 5.41. The fourth-order valence-electron chi connectivity index (χ4n) is 1.40. The molecule has 0 radical (unpaired) electrons. The molecule has 18 heavy (non-hydrogen) atoms. The summed E-state index contributed by atoms with van der Waals surface area (Å²) in [5.74, 6) is 0.981. The molecule has 102 valence electrons. The number of nitrogens with one attached hydrogen (secondary N) is 1. The van der Waals surface area contributed by atoms with Crippen molar-refractivity contribution in [3.05, 3.63) is 28.2 Å². The molecular weight excluding hydrogens is 314 g/mol. The average Bonchev–Trinajstić information content (AvgIpc) is 2.37. The third kappa shape index (κ3) is 6.20. The topological polar surface area (TPSA) is 30.5 Å². The minimum Gasteiger partial charge on any atom is -0.384 e. The summed E-state index contributed by atoms with van der Waals surface area (Å²) in [6.45, 7) is 3.24. The quantitative estimate of drug-likeness (QED) is 0.556. The lowest BCUT2D eigenvalue weighted by molar-refractivity contribution is 0.199. The van der Waals surface area contributed by atoms with E-state index >= 15 is 0 Å². The highest BCUT2D eigenvalue weighted by Gasteiger charge is 2.02. The number of hydrogen-bond donors (Lipinski definition) is 1. The molecule has 0 saturated carbocycles. The van der Waals surface area contributed by atoms with Crippen LogP contribution in [0, 0.1) is 0 Å². The van der Waals surface area contributed by atoms with Gasteiger partial charge in [-0.25, -0.2) is 0 Å². The number of halogens is 1. The van der Waals surface area contributed by atoms with Crippen molar-refractivity contribution in [2.75, 3.05) is 39.7 Å². The lowest BCUT2D eigenvalue weighted by atomic mass is 10.2. The highest BCUT2D eigenvalue weighted by atomic mass is 79.9. The number of benzene rings is 1. The number of methoxy groups -OCH3 is 2. The summed E-state index contributed by atoms with van der Waals surface area (Å²) in [7, 11) is 3.44. The van der Waals surface area contributed by atoms with E-state index in [2.05, 4.69) is 39.4 Å². The second-order valence-electron chi connectivity index (χ2n) is 3.76. The molecule has 0 aromatic heterocycles. The van der Waals surface area contributed by atoms with Gasteiger partial charge in [0, 0.05) is 42.4 Å². The third-order valence-corrected chi connectivity index (χ3v) is 4.08. The van der Waals surface area contributed by atoms with Crippen LogP contribution in [0.25, 0.3) is 0 Å². The van der Waals surface area contributed by atoms with Gasteiger partial charge in [-0.1, -0.05) is 22.0 Å². The molecule has 1 aromatic rings. The summed E-state index contributed by atoms with van der Waals surface area (Å²) in [6.07, 6.45) is 0. The molecule has 0 spiro atoms. The maximum atomic E-state index is 5.04. The first-order chi connectivity index (χ1) is 8.77. The minimum absolute atomic E-state index is 0.739. The van der Waals surface area contributed by atoms with E-state index in [0.717, 1.165) is 36.5 Å². The van der Waals surface area contributed by atoms with Crippen molar-refractivity contribution in [1.29, 1.82) is 0 Å².